The van der Waals surface area contributed by atoms with Gasteiger partial charge in [0.05, 0.1) is 11.3 Å². The Morgan fingerprint density at radius 1 is 1.09 bits per heavy atom. The highest BCUT2D eigenvalue weighted by atomic mass is 32.2. The standard InChI is InChI=1S/C26H31F2NO4S/c1-16(2)20-13-8-17(3)14-22(20)33-24(30)15-34-23-7-5-4-6-21(23)25(31)29-18-9-11-19(12-10-18)32-26(27)28/h4-7,9-12,16-17,20,22,26H,8,13-15H2,1-3H3,(H,29,31)/t17-,20+,22+/m0/s1. The van der Waals surface area contributed by atoms with Crippen molar-refractivity contribution < 1.29 is 27.8 Å². The average molecular weight is 492 g/mol. The number of thioether (sulfide) groups is 1. The van der Waals surface area contributed by atoms with E-state index in [9.17, 15) is 18.4 Å². The van der Waals surface area contributed by atoms with Crippen LogP contribution in [0.25, 0.3) is 0 Å². The van der Waals surface area contributed by atoms with Crippen molar-refractivity contribution in [2.24, 2.45) is 17.8 Å². The second-order valence-electron chi connectivity index (χ2n) is 9.00. The summed E-state index contributed by atoms with van der Waals surface area (Å²) in [6.45, 7) is 3.63. The number of nitrogens with one attached hydrogen (secondary N) is 1. The lowest BCUT2D eigenvalue weighted by molar-refractivity contribution is -0.152. The third-order valence-corrected chi connectivity index (χ3v) is 7.11. The molecule has 0 bridgehead atoms. The van der Waals surface area contributed by atoms with Crippen LogP contribution in [0.3, 0.4) is 0 Å². The predicted octanol–water partition coefficient (Wildman–Crippen LogP) is 6.64. The first-order valence-electron chi connectivity index (χ1n) is 11.5. The van der Waals surface area contributed by atoms with Gasteiger partial charge in [-0.1, -0.05) is 39.3 Å². The summed E-state index contributed by atoms with van der Waals surface area (Å²) in [6.07, 6.45) is 3.06. The van der Waals surface area contributed by atoms with Crippen molar-refractivity contribution in [1.82, 2.24) is 0 Å². The van der Waals surface area contributed by atoms with E-state index in [0.717, 1.165) is 19.3 Å². The highest BCUT2D eigenvalue weighted by molar-refractivity contribution is 8.00. The third kappa shape index (κ3) is 7.45. The number of hydrogen-bond donors (Lipinski definition) is 1. The molecule has 3 atom stereocenters. The molecule has 1 amide bonds. The summed E-state index contributed by atoms with van der Waals surface area (Å²) in [5, 5.41) is 2.74. The van der Waals surface area contributed by atoms with Gasteiger partial charge in [0.15, 0.2) is 0 Å². The summed E-state index contributed by atoms with van der Waals surface area (Å²) in [6, 6.07) is 12.7. The summed E-state index contributed by atoms with van der Waals surface area (Å²) >= 11 is 1.26. The Morgan fingerprint density at radius 3 is 2.47 bits per heavy atom. The van der Waals surface area contributed by atoms with Crippen LogP contribution in [-0.2, 0) is 9.53 Å². The quantitative estimate of drug-likeness (QED) is 0.315. The van der Waals surface area contributed by atoms with Crippen molar-refractivity contribution in [3.05, 3.63) is 54.1 Å². The summed E-state index contributed by atoms with van der Waals surface area (Å²) < 4.78 is 34.8. The summed E-state index contributed by atoms with van der Waals surface area (Å²) in [4.78, 5) is 26.1. The molecule has 1 aliphatic carbocycles. The first-order chi connectivity index (χ1) is 16.2. The number of amides is 1. The second kappa shape index (κ2) is 12.2. The van der Waals surface area contributed by atoms with Crippen LogP contribution >= 0.6 is 11.8 Å². The number of carbonyl (C=O) groups is 2. The van der Waals surface area contributed by atoms with E-state index in [1.54, 1.807) is 24.3 Å². The number of ether oxygens (including phenoxy) is 2. The van der Waals surface area contributed by atoms with Gasteiger partial charge in [0.1, 0.15) is 11.9 Å². The first kappa shape index (κ1) is 26.0. The molecule has 2 aromatic carbocycles. The average Bonchev–Trinajstić information content (AvgIpc) is 2.78. The zero-order chi connectivity index (χ0) is 24.7. The first-order valence-corrected chi connectivity index (χ1v) is 12.5. The van der Waals surface area contributed by atoms with Gasteiger partial charge in [-0.2, -0.15) is 8.78 Å². The molecule has 0 aliphatic heterocycles. The van der Waals surface area contributed by atoms with Crippen LogP contribution in [0, 0.1) is 17.8 Å². The van der Waals surface area contributed by atoms with Gasteiger partial charge in [-0.25, -0.2) is 0 Å². The van der Waals surface area contributed by atoms with Crippen molar-refractivity contribution in [2.75, 3.05) is 11.1 Å². The van der Waals surface area contributed by atoms with Gasteiger partial charge >= 0.3 is 12.6 Å². The Morgan fingerprint density at radius 2 is 1.79 bits per heavy atom. The molecule has 8 heteroatoms. The Kier molecular flexibility index (Phi) is 9.33. The minimum atomic E-state index is -2.91. The molecule has 2 aromatic rings. The van der Waals surface area contributed by atoms with Gasteiger partial charge in [-0.15, -0.1) is 11.8 Å². The van der Waals surface area contributed by atoms with Gasteiger partial charge < -0.3 is 14.8 Å². The van der Waals surface area contributed by atoms with Gasteiger partial charge in [0.25, 0.3) is 5.91 Å². The molecule has 0 unspecified atom stereocenters. The Balaban J connectivity index is 1.59. The minimum Gasteiger partial charge on any atom is -0.461 e. The molecule has 0 radical (unpaired) electrons. The van der Waals surface area contributed by atoms with Crippen LogP contribution < -0.4 is 10.1 Å². The smallest absolute Gasteiger partial charge is 0.387 e. The fourth-order valence-corrected chi connectivity index (χ4v) is 5.12. The van der Waals surface area contributed by atoms with Crippen LogP contribution in [0.4, 0.5) is 14.5 Å². The Hall–Kier alpha value is -2.61. The number of esters is 1. The number of anilines is 1. The van der Waals surface area contributed by atoms with E-state index in [2.05, 4.69) is 30.8 Å². The molecule has 1 aliphatic rings. The zero-order valence-corrected chi connectivity index (χ0v) is 20.4. The number of hydrogen-bond acceptors (Lipinski definition) is 5. The van der Waals surface area contributed by atoms with E-state index in [4.69, 9.17) is 4.74 Å². The SMILES string of the molecule is CC(C)[C@H]1CC[C@H](C)C[C@H]1OC(=O)CSc1ccccc1C(=O)Nc1ccc(OC(F)F)cc1. The topological polar surface area (TPSA) is 64.6 Å². The van der Waals surface area contributed by atoms with E-state index in [-0.39, 0.29) is 29.5 Å². The monoisotopic (exact) mass is 491 g/mol. The van der Waals surface area contributed by atoms with Gasteiger partial charge in [-0.3, -0.25) is 9.59 Å². The third-order valence-electron chi connectivity index (χ3n) is 6.06. The second-order valence-corrected chi connectivity index (χ2v) is 10.0. The lowest BCUT2D eigenvalue weighted by atomic mass is 9.75. The van der Waals surface area contributed by atoms with Crippen molar-refractivity contribution in [3.63, 3.8) is 0 Å². The summed E-state index contributed by atoms with van der Waals surface area (Å²) in [7, 11) is 0. The molecule has 1 N–H and O–H groups in total. The van der Waals surface area contributed by atoms with Crippen molar-refractivity contribution in [3.8, 4) is 5.75 Å². The van der Waals surface area contributed by atoms with Crippen molar-refractivity contribution in [1.29, 1.82) is 0 Å². The fraction of sp³-hybridized carbons (Fsp3) is 0.462. The van der Waals surface area contributed by atoms with Gasteiger partial charge in [0, 0.05) is 10.6 Å². The molecule has 0 aromatic heterocycles. The van der Waals surface area contributed by atoms with E-state index in [1.807, 2.05) is 0 Å². The number of benzene rings is 2. The van der Waals surface area contributed by atoms with E-state index in [0.29, 0.717) is 33.9 Å². The maximum Gasteiger partial charge on any atom is 0.387 e. The Labute approximate surface area is 203 Å². The number of rotatable bonds is 9. The molecule has 0 saturated heterocycles. The molecule has 184 valence electrons. The molecule has 34 heavy (non-hydrogen) atoms. The van der Waals surface area contributed by atoms with E-state index < -0.39 is 6.61 Å². The van der Waals surface area contributed by atoms with Crippen molar-refractivity contribution in [2.45, 2.75) is 57.6 Å². The highest BCUT2D eigenvalue weighted by Crippen LogP contribution is 2.35. The largest absolute Gasteiger partial charge is 0.461 e. The molecule has 0 heterocycles. The number of carbonyl (C=O) groups excluding carboxylic acids is 2. The Bertz CT molecular complexity index is 968. The summed E-state index contributed by atoms with van der Waals surface area (Å²) in [5.41, 5.74) is 0.858. The molecular formula is C26H31F2NO4S. The normalized spacial score (nSPS) is 20.3. The lowest BCUT2D eigenvalue weighted by Crippen LogP contribution is -2.36. The molecule has 1 fully saturated rings. The number of alkyl halides is 2. The van der Waals surface area contributed by atoms with E-state index >= 15 is 0 Å². The molecule has 0 spiro atoms. The summed E-state index contributed by atoms with van der Waals surface area (Å²) in [5.74, 6) is 0.855. The van der Waals surface area contributed by atoms with Crippen LogP contribution in [-0.4, -0.2) is 30.3 Å². The zero-order valence-electron chi connectivity index (χ0n) is 19.6. The van der Waals surface area contributed by atoms with Gasteiger partial charge in [-0.05, 0) is 67.0 Å². The minimum absolute atomic E-state index is 0.00883. The van der Waals surface area contributed by atoms with Gasteiger partial charge in [0.2, 0.25) is 0 Å². The maximum absolute atomic E-state index is 12.8. The molecular weight excluding hydrogens is 460 g/mol. The lowest BCUT2D eigenvalue weighted by Gasteiger charge is -2.36. The highest BCUT2D eigenvalue weighted by Gasteiger charge is 2.33. The van der Waals surface area contributed by atoms with Crippen LogP contribution in [0.5, 0.6) is 5.75 Å². The van der Waals surface area contributed by atoms with Crippen LogP contribution in [0.15, 0.2) is 53.4 Å². The van der Waals surface area contributed by atoms with E-state index in [1.165, 1.54) is 36.0 Å². The molecule has 1 saturated carbocycles. The molecule has 5 nitrogen and oxygen atoms in total. The fourth-order valence-electron chi connectivity index (χ4n) is 4.29. The van der Waals surface area contributed by atoms with Crippen molar-refractivity contribution >= 4 is 29.3 Å². The number of halogens is 2. The maximum atomic E-state index is 12.8. The predicted molar refractivity (Wildman–Crippen MR) is 129 cm³/mol. The van der Waals surface area contributed by atoms with Crippen LogP contribution in [0.2, 0.25) is 0 Å². The van der Waals surface area contributed by atoms with Crippen LogP contribution in [0.1, 0.15) is 50.4 Å². The molecule has 3 rings (SSSR count).